The van der Waals surface area contributed by atoms with Gasteiger partial charge in [0, 0.05) is 12.0 Å². The number of benzene rings is 1. The van der Waals surface area contributed by atoms with Crippen LogP contribution >= 0.6 is 0 Å². The van der Waals surface area contributed by atoms with Crippen LogP contribution in [0.1, 0.15) is 49.7 Å². The number of carbonyl (C=O) groups is 1. The van der Waals surface area contributed by atoms with E-state index in [4.69, 9.17) is 4.52 Å². The zero-order valence-electron chi connectivity index (χ0n) is 14.8. The highest BCUT2D eigenvalue weighted by Crippen LogP contribution is 2.29. The number of nitrogens with zero attached hydrogens (tertiary/aromatic N) is 3. The number of rotatable bonds is 3. The summed E-state index contributed by atoms with van der Waals surface area (Å²) in [6.45, 7) is 6.60. The number of urea groups is 1. The smallest absolute Gasteiger partial charge is 0.318 e. The van der Waals surface area contributed by atoms with Gasteiger partial charge in [0.2, 0.25) is 5.89 Å². The van der Waals surface area contributed by atoms with Gasteiger partial charge in [-0.15, -0.1) is 0 Å². The summed E-state index contributed by atoms with van der Waals surface area (Å²) < 4.78 is 5.23. The topological polar surface area (TPSA) is 91.5 Å². The largest absolute Gasteiger partial charge is 0.394 e. The van der Waals surface area contributed by atoms with Crippen molar-refractivity contribution >= 4 is 6.03 Å². The van der Waals surface area contributed by atoms with Gasteiger partial charge in [0.1, 0.15) is 0 Å². The Hall–Kier alpha value is -2.41. The minimum atomic E-state index is -0.333. The van der Waals surface area contributed by atoms with E-state index in [0.29, 0.717) is 18.3 Å². The first-order valence-corrected chi connectivity index (χ1v) is 8.46. The lowest BCUT2D eigenvalue weighted by atomic mass is 9.93. The third kappa shape index (κ3) is 3.66. The molecule has 3 rings (SSSR count). The van der Waals surface area contributed by atoms with Gasteiger partial charge < -0.3 is 19.8 Å². The maximum Gasteiger partial charge on any atom is 0.318 e. The van der Waals surface area contributed by atoms with E-state index in [1.165, 1.54) is 5.56 Å². The average Bonchev–Trinajstić information content (AvgIpc) is 3.08. The first kappa shape index (κ1) is 17.4. The van der Waals surface area contributed by atoms with E-state index in [0.717, 1.165) is 12.0 Å². The monoisotopic (exact) mass is 344 g/mol. The highest BCUT2D eigenvalue weighted by Gasteiger charge is 2.30. The molecule has 0 saturated carbocycles. The summed E-state index contributed by atoms with van der Waals surface area (Å²) in [5, 5.41) is 16.5. The van der Waals surface area contributed by atoms with Crippen LogP contribution in [-0.2, 0) is 18.4 Å². The Kier molecular flexibility index (Phi) is 4.76. The number of nitrogens with one attached hydrogen (secondary N) is 1. The summed E-state index contributed by atoms with van der Waals surface area (Å²) in [5.41, 5.74) is 1.95. The Bertz CT molecular complexity index is 751. The van der Waals surface area contributed by atoms with E-state index in [9.17, 15) is 9.90 Å². The first-order chi connectivity index (χ1) is 11.9. The van der Waals surface area contributed by atoms with Crippen molar-refractivity contribution in [3.8, 4) is 0 Å². The molecular weight excluding hydrogens is 320 g/mol. The van der Waals surface area contributed by atoms with Gasteiger partial charge in [-0.2, -0.15) is 4.98 Å². The first-order valence-electron chi connectivity index (χ1n) is 8.46. The fourth-order valence-corrected chi connectivity index (χ4v) is 2.98. The predicted molar refractivity (Wildman–Crippen MR) is 91.9 cm³/mol. The number of aromatic nitrogens is 2. The number of hydrogen-bond donors (Lipinski definition) is 2. The molecule has 1 aliphatic rings. The number of aliphatic hydroxyl groups is 1. The number of hydrogen-bond acceptors (Lipinski definition) is 5. The molecule has 7 heteroatoms. The molecule has 2 heterocycles. The molecule has 25 heavy (non-hydrogen) atoms. The Labute approximate surface area is 147 Å². The predicted octanol–water partition coefficient (Wildman–Crippen LogP) is 2.17. The third-order valence-corrected chi connectivity index (χ3v) is 4.35. The standard InChI is InChI=1S/C18H24N4O3/c1-18(2,3)16-20-15(21-25-16)10-19-17(24)22-9-8-12-6-4-5-7-13(12)14(22)11-23/h4-7,14,23H,8-11H2,1-3H3,(H,19,24). The summed E-state index contributed by atoms with van der Waals surface area (Å²) in [7, 11) is 0. The van der Waals surface area contributed by atoms with Crippen molar-refractivity contribution in [3.63, 3.8) is 0 Å². The maximum atomic E-state index is 12.6. The molecule has 0 fully saturated rings. The molecule has 0 saturated heterocycles. The molecule has 1 aromatic heterocycles. The van der Waals surface area contributed by atoms with E-state index in [-0.39, 0.29) is 30.6 Å². The van der Waals surface area contributed by atoms with E-state index in [1.54, 1.807) is 4.90 Å². The molecule has 2 amide bonds. The van der Waals surface area contributed by atoms with Gasteiger partial charge in [-0.05, 0) is 17.5 Å². The van der Waals surface area contributed by atoms with Gasteiger partial charge in [-0.25, -0.2) is 4.79 Å². The highest BCUT2D eigenvalue weighted by molar-refractivity contribution is 5.75. The molecule has 134 valence electrons. The molecule has 0 aliphatic carbocycles. The summed E-state index contributed by atoms with van der Waals surface area (Å²) in [5.74, 6) is 0.980. The van der Waals surface area contributed by atoms with Crippen molar-refractivity contribution in [2.45, 2.75) is 45.2 Å². The molecule has 1 unspecified atom stereocenters. The molecule has 0 radical (unpaired) electrons. The second kappa shape index (κ2) is 6.84. The van der Waals surface area contributed by atoms with E-state index in [2.05, 4.69) is 15.5 Å². The lowest BCUT2D eigenvalue weighted by molar-refractivity contribution is 0.126. The van der Waals surface area contributed by atoms with Gasteiger partial charge in [-0.1, -0.05) is 50.2 Å². The van der Waals surface area contributed by atoms with Gasteiger partial charge in [-0.3, -0.25) is 0 Å². The third-order valence-electron chi connectivity index (χ3n) is 4.35. The second-order valence-corrected chi connectivity index (χ2v) is 7.27. The number of fused-ring (bicyclic) bond motifs is 1. The van der Waals surface area contributed by atoms with Crippen molar-refractivity contribution in [3.05, 3.63) is 47.1 Å². The van der Waals surface area contributed by atoms with Crippen molar-refractivity contribution in [1.82, 2.24) is 20.4 Å². The molecule has 2 aromatic rings. The summed E-state index contributed by atoms with van der Waals surface area (Å²) >= 11 is 0. The van der Waals surface area contributed by atoms with Gasteiger partial charge in [0.15, 0.2) is 5.82 Å². The zero-order chi connectivity index (χ0) is 18.0. The lowest BCUT2D eigenvalue weighted by Gasteiger charge is -2.36. The van der Waals surface area contributed by atoms with Crippen LogP contribution < -0.4 is 5.32 Å². The second-order valence-electron chi connectivity index (χ2n) is 7.27. The molecular formula is C18H24N4O3. The van der Waals surface area contributed by atoms with Gasteiger partial charge >= 0.3 is 6.03 Å². The van der Waals surface area contributed by atoms with Crippen molar-refractivity contribution in [2.75, 3.05) is 13.2 Å². The van der Waals surface area contributed by atoms with Crippen LogP contribution in [0.3, 0.4) is 0 Å². The van der Waals surface area contributed by atoms with Crippen LogP contribution in [0.2, 0.25) is 0 Å². The molecule has 1 aliphatic heterocycles. The van der Waals surface area contributed by atoms with Gasteiger partial charge in [0.25, 0.3) is 0 Å². The highest BCUT2D eigenvalue weighted by atomic mass is 16.5. The quantitative estimate of drug-likeness (QED) is 0.890. The van der Waals surface area contributed by atoms with Crippen LogP contribution in [0.15, 0.2) is 28.8 Å². The van der Waals surface area contributed by atoms with E-state index < -0.39 is 0 Å². The Morgan fingerprint density at radius 2 is 2.16 bits per heavy atom. The number of carbonyl (C=O) groups excluding carboxylic acids is 1. The molecule has 0 spiro atoms. The maximum absolute atomic E-state index is 12.6. The Morgan fingerprint density at radius 1 is 1.40 bits per heavy atom. The van der Waals surface area contributed by atoms with Crippen molar-refractivity contribution < 1.29 is 14.4 Å². The molecule has 0 bridgehead atoms. The lowest BCUT2D eigenvalue weighted by Crippen LogP contribution is -2.46. The van der Waals surface area contributed by atoms with Crippen LogP contribution in [-0.4, -0.2) is 39.3 Å². The van der Waals surface area contributed by atoms with Crippen LogP contribution in [0, 0.1) is 0 Å². The minimum Gasteiger partial charge on any atom is -0.394 e. The van der Waals surface area contributed by atoms with Gasteiger partial charge in [0.05, 0.1) is 19.2 Å². The summed E-state index contributed by atoms with van der Waals surface area (Å²) in [4.78, 5) is 18.5. The van der Waals surface area contributed by atoms with E-state index in [1.807, 2.05) is 45.0 Å². The minimum absolute atomic E-state index is 0.110. The molecule has 7 nitrogen and oxygen atoms in total. The molecule has 2 N–H and O–H groups in total. The van der Waals surface area contributed by atoms with E-state index >= 15 is 0 Å². The zero-order valence-corrected chi connectivity index (χ0v) is 14.8. The molecule has 1 aromatic carbocycles. The average molecular weight is 344 g/mol. The Morgan fingerprint density at radius 3 is 2.84 bits per heavy atom. The van der Waals surface area contributed by atoms with Crippen LogP contribution in [0.25, 0.3) is 0 Å². The Balaban J connectivity index is 1.66. The normalized spacial score (nSPS) is 17.3. The molecule has 1 atom stereocenters. The summed E-state index contributed by atoms with van der Waals surface area (Å²) in [6.07, 6.45) is 0.774. The van der Waals surface area contributed by atoms with Crippen molar-refractivity contribution in [2.24, 2.45) is 0 Å². The summed E-state index contributed by atoms with van der Waals surface area (Å²) in [6, 6.07) is 7.34. The number of aliphatic hydroxyl groups excluding tert-OH is 1. The number of amides is 2. The van der Waals surface area contributed by atoms with Crippen LogP contribution in [0.5, 0.6) is 0 Å². The fourth-order valence-electron chi connectivity index (χ4n) is 2.98. The fraction of sp³-hybridized carbons (Fsp3) is 0.500. The SMILES string of the molecule is CC(C)(C)c1nc(CNC(=O)N2CCc3ccccc3C2CO)no1. The van der Waals surface area contributed by atoms with Crippen molar-refractivity contribution in [1.29, 1.82) is 0 Å². The van der Waals surface area contributed by atoms with Crippen LogP contribution in [0.4, 0.5) is 4.79 Å².